The van der Waals surface area contributed by atoms with Crippen molar-refractivity contribution in [1.82, 2.24) is 15.1 Å². The molecule has 1 atom stereocenters. The summed E-state index contributed by atoms with van der Waals surface area (Å²) in [5.41, 5.74) is -0.409. The lowest BCUT2D eigenvalue weighted by atomic mass is 9.92. The normalized spacial score (nSPS) is 26.2. The molecule has 0 aliphatic carbocycles. The van der Waals surface area contributed by atoms with Crippen molar-refractivity contribution < 1.29 is 18.7 Å². The lowest BCUT2D eigenvalue weighted by Gasteiger charge is -2.31. The number of rotatable bonds is 3. The average molecular weight is 333 g/mol. The van der Waals surface area contributed by atoms with Gasteiger partial charge in [0.05, 0.1) is 18.8 Å². The van der Waals surface area contributed by atoms with Crippen molar-refractivity contribution >= 4 is 12.0 Å². The summed E-state index contributed by atoms with van der Waals surface area (Å²) in [6.45, 7) is 3.01. The van der Waals surface area contributed by atoms with Gasteiger partial charge in [-0.25, -0.2) is 4.79 Å². The van der Waals surface area contributed by atoms with Crippen LogP contribution in [0, 0.1) is 0 Å². The first kappa shape index (κ1) is 15.5. The number of hydrogen-bond donors (Lipinski definition) is 1. The Balaban J connectivity index is 1.41. The second-order valence-electron chi connectivity index (χ2n) is 6.92. The predicted molar refractivity (Wildman–Crippen MR) is 85.3 cm³/mol. The van der Waals surface area contributed by atoms with Gasteiger partial charge in [0.1, 0.15) is 17.9 Å². The first-order valence-corrected chi connectivity index (χ1v) is 8.68. The molecule has 0 saturated carbocycles. The summed E-state index contributed by atoms with van der Waals surface area (Å²) in [4.78, 5) is 28.3. The molecular formula is C17H23N3O4. The fraction of sp³-hybridized carbons (Fsp3) is 0.647. The SMILES string of the molecule is O=C1OC2(CCNCC2)CN1CC(=O)N1CCC[C@@H]1c1ccco1. The van der Waals surface area contributed by atoms with E-state index in [1.165, 1.54) is 0 Å². The van der Waals surface area contributed by atoms with Gasteiger partial charge in [0.15, 0.2) is 0 Å². The van der Waals surface area contributed by atoms with Crippen LogP contribution in [0.25, 0.3) is 0 Å². The highest BCUT2D eigenvalue weighted by molar-refractivity contribution is 5.83. The van der Waals surface area contributed by atoms with E-state index >= 15 is 0 Å². The van der Waals surface area contributed by atoms with Crippen molar-refractivity contribution in [2.75, 3.05) is 32.7 Å². The first-order chi connectivity index (χ1) is 11.7. The van der Waals surface area contributed by atoms with Crippen LogP contribution in [0.15, 0.2) is 22.8 Å². The number of ether oxygens (including phenoxy) is 1. The largest absolute Gasteiger partial charge is 0.467 e. The molecule has 3 aliphatic heterocycles. The molecule has 1 aromatic heterocycles. The fourth-order valence-corrected chi connectivity index (χ4v) is 4.05. The molecule has 3 saturated heterocycles. The van der Waals surface area contributed by atoms with Crippen molar-refractivity contribution in [2.24, 2.45) is 0 Å². The van der Waals surface area contributed by atoms with Gasteiger partial charge in [-0.05, 0) is 38.1 Å². The summed E-state index contributed by atoms with van der Waals surface area (Å²) in [6, 6.07) is 3.73. The molecule has 3 fully saturated rings. The van der Waals surface area contributed by atoms with Crippen LogP contribution in [0.2, 0.25) is 0 Å². The third-order valence-electron chi connectivity index (χ3n) is 5.33. The first-order valence-electron chi connectivity index (χ1n) is 8.68. The summed E-state index contributed by atoms with van der Waals surface area (Å²) >= 11 is 0. The molecule has 2 amide bonds. The van der Waals surface area contributed by atoms with Crippen molar-refractivity contribution in [2.45, 2.75) is 37.3 Å². The van der Waals surface area contributed by atoms with Gasteiger partial charge in [0.25, 0.3) is 0 Å². The topological polar surface area (TPSA) is 75.0 Å². The molecule has 1 N–H and O–H groups in total. The Kier molecular flexibility index (Phi) is 3.96. The van der Waals surface area contributed by atoms with E-state index < -0.39 is 5.60 Å². The molecule has 4 heterocycles. The van der Waals surface area contributed by atoms with Crippen molar-refractivity contribution in [1.29, 1.82) is 0 Å². The molecule has 0 aromatic carbocycles. The molecule has 24 heavy (non-hydrogen) atoms. The number of nitrogens with zero attached hydrogens (tertiary/aromatic N) is 2. The zero-order valence-corrected chi connectivity index (χ0v) is 13.7. The van der Waals surface area contributed by atoms with E-state index in [0.717, 1.165) is 44.5 Å². The van der Waals surface area contributed by atoms with Gasteiger partial charge in [-0.2, -0.15) is 0 Å². The summed E-state index contributed by atoms with van der Waals surface area (Å²) in [5, 5.41) is 3.28. The van der Waals surface area contributed by atoms with Crippen LogP contribution in [0.3, 0.4) is 0 Å². The second kappa shape index (κ2) is 6.12. The van der Waals surface area contributed by atoms with Gasteiger partial charge in [-0.1, -0.05) is 0 Å². The molecule has 4 rings (SSSR count). The fourth-order valence-electron chi connectivity index (χ4n) is 4.05. The minimum atomic E-state index is -0.409. The standard InChI is InChI=1S/C17H23N3O4/c21-15(20-9-1-3-13(20)14-4-2-10-23-14)11-19-12-17(24-16(19)22)5-7-18-8-6-17/h2,4,10,13,18H,1,3,5-9,11-12H2/t13-/m1/s1. The summed E-state index contributed by atoms with van der Waals surface area (Å²) in [7, 11) is 0. The van der Waals surface area contributed by atoms with Crippen LogP contribution < -0.4 is 5.32 Å². The molecular weight excluding hydrogens is 310 g/mol. The maximum Gasteiger partial charge on any atom is 0.410 e. The Labute approximate surface area is 140 Å². The van der Waals surface area contributed by atoms with E-state index in [2.05, 4.69) is 5.32 Å². The van der Waals surface area contributed by atoms with Crippen LogP contribution in [0.1, 0.15) is 37.5 Å². The van der Waals surface area contributed by atoms with Crippen LogP contribution in [-0.2, 0) is 9.53 Å². The number of hydrogen-bond acceptors (Lipinski definition) is 5. The lowest BCUT2D eigenvalue weighted by Crippen LogP contribution is -2.46. The highest BCUT2D eigenvalue weighted by Gasteiger charge is 2.46. The Morgan fingerprint density at radius 2 is 2.21 bits per heavy atom. The smallest absolute Gasteiger partial charge is 0.410 e. The van der Waals surface area contributed by atoms with E-state index in [9.17, 15) is 9.59 Å². The van der Waals surface area contributed by atoms with Crippen molar-refractivity contribution in [3.8, 4) is 0 Å². The van der Waals surface area contributed by atoms with Gasteiger partial charge >= 0.3 is 6.09 Å². The van der Waals surface area contributed by atoms with Crippen molar-refractivity contribution in [3.63, 3.8) is 0 Å². The van der Waals surface area contributed by atoms with E-state index in [1.54, 1.807) is 11.2 Å². The summed E-state index contributed by atoms with van der Waals surface area (Å²) < 4.78 is 11.1. The molecule has 0 unspecified atom stereocenters. The number of nitrogens with one attached hydrogen (secondary N) is 1. The second-order valence-corrected chi connectivity index (χ2v) is 6.92. The summed E-state index contributed by atoms with van der Waals surface area (Å²) in [6.07, 6.45) is 4.74. The van der Waals surface area contributed by atoms with Crippen LogP contribution >= 0.6 is 0 Å². The Hall–Kier alpha value is -2.02. The van der Waals surface area contributed by atoms with Crippen LogP contribution in [0.4, 0.5) is 4.79 Å². The van der Waals surface area contributed by atoms with Crippen LogP contribution in [0.5, 0.6) is 0 Å². The third kappa shape index (κ3) is 2.77. The van der Waals surface area contributed by atoms with Gasteiger partial charge in [0, 0.05) is 19.4 Å². The Morgan fingerprint density at radius 3 is 2.96 bits per heavy atom. The zero-order valence-electron chi connectivity index (χ0n) is 13.7. The maximum absolute atomic E-state index is 12.7. The lowest BCUT2D eigenvalue weighted by molar-refractivity contribution is -0.133. The quantitative estimate of drug-likeness (QED) is 0.908. The predicted octanol–water partition coefficient (Wildman–Crippen LogP) is 1.52. The summed E-state index contributed by atoms with van der Waals surface area (Å²) in [5.74, 6) is 0.788. The highest BCUT2D eigenvalue weighted by atomic mass is 16.6. The van der Waals surface area contributed by atoms with Crippen LogP contribution in [-0.4, -0.2) is 60.1 Å². The zero-order chi connectivity index (χ0) is 16.6. The van der Waals surface area contributed by atoms with Gasteiger partial charge in [-0.15, -0.1) is 0 Å². The highest BCUT2D eigenvalue weighted by Crippen LogP contribution is 2.34. The van der Waals surface area contributed by atoms with E-state index in [-0.39, 0.29) is 24.6 Å². The number of furan rings is 1. The Morgan fingerprint density at radius 1 is 1.38 bits per heavy atom. The minimum Gasteiger partial charge on any atom is -0.467 e. The van der Waals surface area contributed by atoms with Gasteiger partial charge in [0.2, 0.25) is 5.91 Å². The average Bonchev–Trinajstić information content (AvgIpc) is 3.29. The van der Waals surface area contributed by atoms with Crippen molar-refractivity contribution in [3.05, 3.63) is 24.2 Å². The molecule has 0 radical (unpaired) electrons. The van der Waals surface area contributed by atoms with Gasteiger partial charge in [-0.3, -0.25) is 9.69 Å². The molecule has 3 aliphatic rings. The molecule has 7 heteroatoms. The number of carbonyl (C=O) groups excluding carboxylic acids is 2. The van der Waals surface area contributed by atoms with Gasteiger partial charge < -0.3 is 19.4 Å². The number of carbonyl (C=O) groups is 2. The van der Waals surface area contributed by atoms with E-state index in [4.69, 9.17) is 9.15 Å². The number of amides is 2. The third-order valence-corrected chi connectivity index (χ3v) is 5.33. The van der Waals surface area contributed by atoms with E-state index in [0.29, 0.717) is 13.1 Å². The minimum absolute atomic E-state index is 0.0148. The number of likely N-dealkylation sites (tertiary alicyclic amines) is 1. The molecule has 0 bridgehead atoms. The van der Waals surface area contributed by atoms with E-state index in [1.807, 2.05) is 17.0 Å². The maximum atomic E-state index is 12.7. The Bertz CT molecular complexity index is 609. The molecule has 130 valence electrons. The molecule has 7 nitrogen and oxygen atoms in total. The molecule has 1 aromatic rings. The monoisotopic (exact) mass is 333 g/mol. The number of piperidine rings is 1. The molecule has 1 spiro atoms.